The van der Waals surface area contributed by atoms with Gasteiger partial charge >= 0.3 is 6.09 Å². The van der Waals surface area contributed by atoms with E-state index in [9.17, 15) is 4.79 Å². The van der Waals surface area contributed by atoms with Crippen molar-refractivity contribution in [3.8, 4) is 5.75 Å². The molecule has 3 rings (SSSR count). The Morgan fingerprint density at radius 1 is 1.41 bits per heavy atom. The van der Waals surface area contributed by atoms with Crippen LogP contribution in [0.1, 0.15) is 26.3 Å². The van der Waals surface area contributed by atoms with E-state index < -0.39 is 5.60 Å². The average Bonchev–Trinajstić information content (AvgIpc) is 2.44. The molecule has 3 heterocycles. The molecule has 0 unspecified atom stereocenters. The van der Waals surface area contributed by atoms with Crippen molar-refractivity contribution in [2.75, 3.05) is 31.1 Å². The molecule has 0 spiro atoms. The molecule has 0 aromatic carbocycles. The molecule has 0 saturated carbocycles. The number of aryl methyl sites for hydroxylation is 1. The van der Waals surface area contributed by atoms with Gasteiger partial charge in [0.2, 0.25) is 0 Å². The largest absolute Gasteiger partial charge is 0.487 e. The summed E-state index contributed by atoms with van der Waals surface area (Å²) in [6, 6.07) is 2.14. The van der Waals surface area contributed by atoms with Crippen LogP contribution in [0.4, 0.5) is 10.6 Å². The summed E-state index contributed by atoms with van der Waals surface area (Å²) in [5, 5.41) is 0. The predicted molar refractivity (Wildman–Crippen MR) is 83.4 cm³/mol. The molecule has 1 atom stereocenters. The smallest absolute Gasteiger partial charge is 0.410 e. The molecule has 0 aliphatic carbocycles. The van der Waals surface area contributed by atoms with Crippen molar-refractivity contribution in [2.24, 2.45) is 0 Å². The van der Waals surface area contributed by atoms with Crippen LogP contribution in [0.25, 0.3) is 0 Å². The van der Waals surface area contributed by atoms with Crippen molar-refractivity contribution in [3.05, 3.63) is 17.8 Å². The molecular weight excluding hydrogens is 282 g/mol. The van der Waals surface area contributed by atoms with Crippen LogP contribution in [0.15, 0.2) is 12.3 Å². The second-order valence-electron chi connectivity index (χ2n) is 6.92. The number of hydrogen-bond donors (Lipinski definition) is 0. The van der Waals surface area contributed by atoms with Crippen molar-refractivity contribution in [2.45, 2.75) is 39.3 Å². The number of nitrogens with zero attached hydrogens (tertiary/aromatic N) is 3. The first-order chi connectivity index (χ1) is 10.3. The zero-order chi connectivity index (χ0) is 15.9. The molecule has 0 radical (unpaired) electrons. The van der Waals surface area contributed by atoms with Crippen molar-refractivity contribution in [1.29, 1.82) is 0 Å². The van der Waals surface area contributed by atoms with E-state index in [1.54, 1.807) is 4.90 Å². The SMILES string of the molecule is Cc1cnc2c(c1)OC[C@H]1CN(C(=O)OC(C)(C)C)CCN21. The molecule has 1 aromatic heterocycles. The van der Waals surface area contributed by atoms with Crippen LogP contribution in [0.5, 0.6) is 5.75 Å². The number of carbonyl (C=O) groups excluding carboxylic acids is 1. The third-order valence-corrected chi connectivity index (χ3v) is 3.81. The minimum absolute atomic E-state index is 0.129. The van der Waals surface area contributed by atoms with E-state index in [4.69, 9.17) is 9.47 Å². The summed E-state index contributed by atoms with van der Waals surface area (Å²) >= 11 is 0. The topological polar surface area (TPSA) is 54.9 Å². The number of piperazine rings is 1. The number of amides is 1. The first-order valence-electron chi connectivity index (χ1n) is 7.67. The van der Waals surface area contributed by atoms with E-state index in [1.165, 1.54) is 0 Å². The number of ether oxygens (including phenoxy) is 2. The fourth-order valence-corrected chi connectivity index (χ4v) is 2.81. The van der Waals surface area contributed by atoms with Crippen molar-refractivity contribution in [3.63, 3.8) is 0 Å². The Kier molecular flexibility index (Phi) is 3.62. The van der Waals surface area contributed by atoms with Crippen LogP contribution in [-0.4, -0.2) is 53.9 Å². The molecule has 1 saturated heterocycles. The second kappa shape index (κ2) is 5.34. The molecule has 2 aliphatic rings. The van der Waals surface area contributed by atoms with E-state index in [0.29, 0.717) is 19.7 Å². The van der Waals surface area contributed by atoms with Crippen LogP contribution in [-0.2, 0) is 4.74 Å². The molecule has 1 fully saturated rings. The summed E-state index contributed by atoms with van der Waals surface area (Å²) in [7, 11) is 0. The number of carbonyl (C=O) groups is 1. The zero-order valence-corrected chi connectivity index (χ0v) is 13.6. The van der Waals surface area contributed by atoms with Gasteiger partial charge in [-0.2, -0.15) is 0 Å². The van der Waals surface area contributed by atoms with Crippen molar-refractivity contribution < 1.29 is 14.3 Å². The lowest BCUT2D eigenvalue weighted by Gasteiger charge is -2.44. The molecule has 2 aliphatic heterocycles. The Hall–Kier alpha value is -1.98. The van der Waals surface area contributed by atoms with Crippen molar-refractivity contribution in [1.82, 2.24) is 9.88 Å². The van der Waals surface area contributed by atoms with E-state index in [-0.39, 0.29) is 12.1 Å². The maximum absolute atomic E-state index is 12.2. The highest BCUT2D eigenvalue weighted by atomic mass is 16.6. The number of anilines is 1. The van der Waals surface area contributed by atoms with Crippen LogP contribution in [0, 0.1) is 6.92 Å². The first kappa shape index (κ1) is 14.9. The van der Waals surface area contributed by atoms with Crippen LogP contribution < -0.4 is 9.64 Å². The minimum atomic E-state index is -0.469. The summed E-state index contributed by atoms with van der Waals surface area (Å²) in [6.45, 7) is 10.2. The van der Waals surface area contributed by atoms with Gasteiger partial charge in [-0.05, 0) is 39.3 Å². The third-order valence-electron chi connectivity index (χ3n) is 3.81. The molecule has 1 amide bonds. The van der Waals surface area contributed by atoms with Gasteiger partial charge in [-0.3, -0.25) is 0 Å². The summed E-state index contributed by atoms with van der Waals surface area (Å²) in [5.74, 6) is 1.72. The van der Waals surface area contributed by atoms with Gasteiger partial charge in [0.1, 0.15) is 12.2 Å². The fourth-order valence-electron chi connectivity index (χ4n) is 2.81. The minimum Gasteiger partial charge on any atom is -0.487 e. The molecule has 120 valence electrons. The summed E-state index contributed by atoms with van der Waals surface area (Å²) in [6.07, 6.45) is 1.60. The van der Waals surface area contributed by atoms with Crippen LogP contribution in [0.2, 0.25) is 0 Å². The highest BCUT2D eigenvalue weighted by Crippen LogP contribution is 2.33. The lowest BCUT2D eigenvalue weighted by molar-refractivity contribution is 0.0194. The second-order valence-corrected chi connectivity index (χ2v) is 6.92. The van der Waals surface area contributed by atoms with Crippen LogP contribution in [0.3, 0.4) is 0 Å². The zero-order valence-electron chi connectivity index (χ0n) is 13.6. The quantitative estimate of drug-likeness (QED) is 0.735. The normalized spacial score (nSPS) is 20.8. The molecule has 1 aromatic rings. The number of rotatable bonds is 0. The number of aromatic nitrogens is 1. The van der Waals surface area contributed by atoms with Gasteiger partial charge in [0.15, 0.2) is 11.6 Å². The van der Waals surface area contributed by atoms with Gasteiger partial charge in [-0.15, -0.1) is 0 Å². The monoisotopic (exact) mass is 305 g/mol. The van der Waals surface area contributed by atoms with E-state index in [1.807, 2.05) is 40.0 Å². The molecule has 0 N–H and O–H groups in total. The first-order valence-corrected chi connectivity index (χ1v) is 7.67. The fraction of sp³-hybridized carbons (Fsp3) is 0.625. The van der Waals surface area contributed by atoms with Crippen molar-refractivity contribution >= 4 is 11.9 Å². The van der Waals surface area contributed by atoms with Gasteiger partial charge < -0.3 is 19.3 Å². The van der Waals surface area contributed by atoms with Gasteiger partial charge in [0.05, 0.1) is 6.04 Å². The number of hydrogen-bond acceptors (Lipinski definition) is 5. The molecular formula is C16H23N3O3. The Morgan fingerprint density at radius 3 is 2.91 bits per heavy atom. The Labute approximate surface area is 131 Å². The Balaban J connectivity index is 1.71. The maximum Gasteiger partial charge on any atom is 0.410 e. The summed E-state index contributed by atoms with van der Waals surface area (Å²) in [4.78, 5) is 20.7. The predicted octanol–water partition coefficient (Wildman–Crippen LogP) is 2.21. The third kappa shape index (κ3) is 2.96. The summed E-state index contributed by atoms with van der Waals surface area (Å²) in [5.41, 5.74) is 0.618. The Bertz CT molecular complexity index is 582. The summed E-state index contributed by atoms with van der Waals surface area (Å²) < 4.78 is 11.3. The van der Waals surface area contributed by atoms with Gasteiger partial charge in [0.25, 0.3) is 0 Å². The number of fused-ring (bicyclic) bond motifs is 3. The molecule has 6 nitrogen and oxygen atoms in total. The highest BCUT2D eigenvalue weighted by Gasteiger charge is 2.36. The molecule has 0 bridgehead atoms. The van der Waals surface area contributed by atoms with Gasteiger partial charge in [-0.1, -0.05) is 0 Å². The standard InChI is InChI=1S/C16H23N3O3/c1-11-7-13-14(17-8-11)19-6-5-18(9-12(19)10-21-13)15(20)22-16(2,3)4/h7-8,12H,5-6,9-10H2,1-4H3/t12-/m1/s1. The highest BCUT2D eigenvalue weighted by molar-refractivity contribution is 5.69. The Morgan fingerprint density at radius 2 is 2.18 bits per heavy atom. The molecule has 6 heteroatoms. The lowest BCUT2D eigenvalue weighted by atomic mass is 10.1. The van der Waals surface area contributed by atoms with E-state index in [2.05, 4.69) is 9.88 Å². The lowest BCUT2D eigenvalue weighted by Crippen LogP contribution is -2.59. The molecule has 22 heavy (non-hydrogen) atoms. The average molecular weight is 305 g/mol. The van der Waals surface area contributed by atoms with E-state index in [0.717, 1.165) is 23.7 Å². The number of pyridine rings is 1. The van der Waals surface area contributed by atoms with Gasteiger partial charge in [0, 0.05) is 25.8 Å². The van der Waals surface area contributed by atoms with Gasteiger partial charge in [-0.25, -0.2) is 9.78 Å². The van der Waals surface area contributed by atoms with Crippen LogP contribution >= 0.6 is 0 Å². The maximum atomic E-state index is 12.2. The van der Waals surface area contributed by atoms with E-state index >= 15 is 0 Å².